The third-order valence-electron chi connectivity index (χ3n) is 6.40. The number of carbonyl (C=O) groups is 2. The fourth-order valence-electron chi connectivity index (χ4n) is 4.38. The van der Waals surface area contributed by atoms with Gasteiger partial charge in [-0.3, -0.25) is 9.59 Å². The van der Waals surface area contributed by atoms with Crippen molar-refractivity contribution >= 4 is 17.4 Å². The van der Waals surface area contributed by atoms with Gasteiger partial charge in [0.25, 0.3) is 11.7 Å². The van der Waals surface area contributed by atoms with Crippen molar-refractivity contribution in [2.45, 2.75) is 33.2 Å². The molecule has 1 fully saturated rings. The van der Waals surface area contributed by atoms with Gasteiger partial charge in [-0.05, 0) is 49.3 Å². The summed E-state index contributed by atoms with van der Waals surface area (Å²) in [7, 11) is 3.07. The van der Waals surface area contributed by atoms with Gasteiger partial charge in [0.1, 0.15) is 11.5 Å². The molecule has 1 aliphatic rings. The molecule has 1 atom stereocenters. The first kappa shape index (κ1) is 27.1. The van der Waals surface area contributed by atoms with E-state index in [-0.39, 0.29) is 11.3 Å². The maximum absolute atomic E-state index is 13.3. The number of carbonyl (C=O) groups excluding carboxylic acids is 2. The Morgan fingerprint density at radius 2 is 1.72 bits per heavy atom. The van der Waals surface area contributed by atoms with Gasteiger partial charge in [-0.2, -0.15) is 0 Å². The number of aliphatic hydroxyl groups is 1. The van der Waals surface area contributed by atoms with Crippen LogP contribution in [-0.2, 0) is 9.59 Å². The number of ether oxygens (including phenoxy) is 3. The number of ketones is 1. The maximum atomic E-state index is 13.3. The van der Waals surface area contributed by atoms with Crippen molar-refractivity contribution in [1.82, 2.24) is 9.80 Å². The molecule has 36 heavy (non-hydrogen) atoms. The van der Waals surface area contributed by atoms with Crippen molar-refractivity contribution in [3.05, 3.63) is 59.2 Å². The Hall–Kier alpha value is -3.52. The minimum absolute atomic E-state index is 0.0411. The molecule has 2 aromatic carbocycles. The molecule has 1 heterocycles. The van der Waals surface area contributed by atoms with E-state index < -0.39 is 17.7 Å². The number of methoxy groups -OCH3 is 2. The van der Waals surface area contributed by atoms with Gasteiger partial charge in [0, 0.05) is 18.7 Å². The zero-order valence-electron chi connectivity index (χ0n) is 21.7. The summed E-state index contributed by atoms with van der Waals surface area (Å²) in [6.07, 6.45) is 0.840. The molecule has 0 aliphatic carbocycles. The third-order valence-corrected chi connectivity index (χ3v) is 6.40. The fourth-order valence-corrected chi connectivity index (χ4v) is 4.38. The molecular formula is C28H36N2O6. The van der Waals surface area contributed by atoms with Crippen LogP contribution in [0.5, 0.6) is 17.2 Å². The number of likely N-dealkylation sites (N-methyl/N-ethyl adjacent to an activating group) is 1. The van der Waals surface area contributed by atoms with Crippen molar-refractivity contribution in [3.63, 3.8) is 0 Å². The number of hydrogen-bond acceptors (Lipinski definition) is 7. The number of Topliss-reactive ketones (excluding diaryl/α,β-unsaturated/α-hetero) is 1. The van der Waals surface area contributed by atoms with E-state index in [1.54, 1.807) is 49.6 Å². The molecule has 2 aromatic rings. The van der Waals surface area contributed by atoms with Crippen molar-refractivity contribution in [2.24, 2.45) is 0 Å². The van der Waals surface area contributed by atoms with E-state index in [1.807, 2.05) is 6.92 Å². The second kappa shape index (κ2) is 12.4. The predicted octanol–water partition coefficient (Wildman–Crippen LogP) is 4.26. The van der Waals surface area contributed by atoms with Crippen LogP contribution in [0.1, 0.15) is 44.4 Å². The van der Waals surface area contributed by atoms with Crippen LogP contribution in [0.25, 0.3) is 5.76 Å². The Bertz CT molecular complexity index is 1110. The van der Waals surface area contributed by atoms with E-state index >= 15 is 0 Å². The molecule has 1 N–H and O–H groups in total. The number of likely N-dealkylation sites (tertiary alicyclic amines) is 1. The summed E-state index contributed by atoms with van der Waals surface area (Å²) in [5.41, 5.74) is 1.10. The first-order valence-corrected chi connectivity index (χ1v) is 12.4. The molecule has 0 radical (unpaired) electrons. The summed E-state index contributed by atoms with van der Waals surface area (Å²) < 4.78 is 16.5. The first-order chi connectivity index (χ1) is 17.4. The van der Waals surface area contributed by atoms with E-state index in [0.717, 1.165) is 19.5 Å². The van der Waals surface area contributed by atoms with Gasteiger partial charge in [0.15, 0.2) is 11.5 Å². The normalized spacial score (nSPS) is 17.1. The van der Waals surface area contributed by atoms with E-state index in [0.29, 0.717) is 48.1 Å². The van der Waals surface area contributed by atoms with Gasteiger partial charge in [0.2, 0.25) is 0 Å². The van der Waals surface area contributed by atoms with Crippen LogP contribution in [-0.4, -0.2) is 73.6 Å². The fraction of sp³-hybridized carbons (Fsp3) is 0.429. The van der Waals surface area contributed by atoms with Crippen molar-refractivity contribution in [2.75, 3.05) is 47.0 Å². The minimum Gasteiger partial charge on any atom is -0.507 e. The van der Waals surface area contributed by atoms with Crippen LogP contribution >= 0.6 is 0 Å². The number of amides is 1. The highest BCUT2D eigenvalue weighted by Gasteiger charge is 2.46. The summed E-state index contributed by atoms with van der Waals surface area (Å²) in [5.74, 6) is -0.00486. The zero-order valence-corrected chi connectivity index (χ0v) is 21.7. The van der Waals surface area contributed by atoms with Gasteiger partial charge < -0.3 is 29.1 Å². The molecule has 8 nitrogen and oxygen atoms in total. The SMILES string of the molecule is CCCOc1cccc(/C(O)=C2\C(=O)C(=O)N(CCN(CC)CC)C2c2ccc(OC)c(OC)c2)c1. The quantitative estimate of drug-likeness (QED) is 0.267. The summed E-state index contributed by atoms with van der Waals surface area (Å²) in [4.78, 5) is 30.3. The van der Waals surface area contributed by atoms with Crippen molar-refractivity contribution in [3.8, 4) is 17.2 Å². The molecule has 0 bridgehead atoms. The molecule has 1 amide bonds. The lowest BCUT2D eigenvalue weighted by atomic mass is 9.95. The van der Waals surface area contributed by atoms with Crippen LogP contribution in [0, 0.1) is 0 Å². The second-order valence-corrected chi connectivity index (χ2v) is 8.51. The topological polar surface area (TPSA) is 88.5 Å². The zero-order chi connectivity index (χ0) is 26.2. The van der Waals surface area contributed by atoms with E-state index in [1.165, 1.54) is 12.0 Å². The molecule has 194 valence electrons. The van der Waals surface area contributed by atoms with Gasteiger partial charge in [-0.1, -0.05) is 39.0 Å². The summed E-state index contributed by atoms with van der Waals surface area (Å²) in [6.45, 7) is 9.23. The maximum Gasteiger partial charge on any atom is 0.295 e. The van der Waals surface area contributed by atoms with Crippen LogP contribution in [0.2, 0.25) is 0 Å². The molecule has 1 saturated heterocycles. The Morgan fingerprint density at radius 1 is 1.00 bits per heavy atom. The third kappa shape index (κ3) is 5.65. The molecule has 3 rings (SSSR count). The standard InChI is InChI=1S/C28H36N2O6/c1-6-16-36-21-11-9-10-20(17-21)26(31)24-25(19-12-13-22(34-4)23(18-19)35-5)30(28(33)27(24)32)15-14-29(7-2)8-3/h9-13,17-18,25,31H,6-8,14-16H2,1-5H3/b26-24+. The summed E-state index contributed by atoms with van der Waals surface area (Å²) in [5, 5.41) is 11.4. The molecule has 8 heteroatoms. The largest absolute Gasteiger partial charge is 0.507 e. The van der Waals surface area contributed by atoms with Gasteiger partial charge >= 0.3 is 0 Å². The summed E-state index contributed by atoms with van der Waals surface area (Å²) >= 11 is 0. The lowest BCUT2D eigenvalue weighted by Gasteiger charge is -2.28. The number of hydrogen-bond donors (Lipinski definition) is 1. The number of rotatable bonds is 12. The Balaban J connectivity index is 2.13. The number of benzene rings is 2. The molecule has 0 saturated carbocycles. The Morgan fingerprint density at radius 3 is 2.36 bits per heavy atom. The Kier molecular flexibility index (Phi) is 9.36. The van der Waals surface area contributed by atoms with Gasteiger partial charge in [-0.15, -0.1) is 0 Å². The number of aliphatic hydroxyl groups excluding tert-OH is 1. The lowest BCUT2D eigenvalue weighted by molar-refractivity contribution is -0.140. The highest BCUT2D eigenvalue weighted by atomic mass is 16.5. The smallest absolute Gasteiger partial charge is 0.295 e. The van der Waals surface area contributed by atoms with Crippen LogP contribution in [0.4, 0.5) is 0 Å². The molecule has 1 aliphatic heterocycles. The average molecular weight is 497 g/mol. The highest BCUT2D eigenvalue weighted by Crippen LogP contribution is 2.42. The van der Waals surface area contributed by atoms with Gasteiger partial charge in [-0.25, -0.2) is 0 Å². The molecular weight excluding hydrogens is 460 g/mol. The van der Waals surface area contributed by atoms with E-state index in [4.69, 9.17) is 14.2 Å². The number of nitrogens with zero attached hydrogens (tertiary/aromatic N) is 2. The minimum atomic E-state index is -0.777. The monoisotopic (exact) mass is 496 g/mol. The van der Waals surface area contributed by atoms with Crippen LogP contribution in [0.15, 0.2) is 48.0 Å². The Labute approximate surface area is 213 Å². The van der Waals surface area contributed by atoms with E-state index in [2.05, 4.69) is 18.7 Å². The lowest BCUT2D eigenvalue weighted by Crippen LogP contribution is -2.38. The van der Waals surface area contributed by atoms with Crippen molar-refractivity contribution in [1.29, 1.82) is 0 Å². The van der Waals surface area contributed by atoms with Gasteiger partial charge in [0.05, 0.1) is 32.4 Å². The molecule has 0 spiro atoms. The van der Waals surface area contributed by atoms with Crippen molar-refractivity contribution < 1.29 is 28.9 Å². The highest BCUT2D eigenvalue weighted by molar-refractivity contribution is 6.46. The van der Waals surface area contributed by atoms with E-state index in [9.17, 15) is 14.7 Å². The predicted molar refractivity (Wildman–Crippen MR) is 139 cm³/mol. The second-order valence-electron chi connectivity index (χ2n) is 8.51. The van der Waals surface area contributed by atoms with Crippen LogP contribution in [0.3, 0.4) is 0 Å². The molecule has 0 aromatic heterocycles. The average Bonchev–Trinajstić information content (AvgIpc) is 3.16. The first-order valence-electron chi connectivity index (χ1n) is 12.4. The van der Waals surface area contributed by atoms with Crippen LogP contribution < -0.4 is 14.2 Å². The molecule has 1 unspecified atom stereocenters. The summed E-state index contributed by atoms with van der Waals surface area (Å²) in [6, 6.07) is 11.4.